The van der Waals surface area contributed by atoms with Crippen LogP contribution < -0.4 is 5.73 Å². The first-order chi connectivity index (χ1) is 8.61. The highest BCUT2D eigenvalue weighted by Crippen LogP contribution is 2.32. The SMILES string of the molecule is N[C@@H](c1c(F)cccc1F)[C@H](O)C1CCCCC1. The smallest absolute Gasteiger partial charge is 0.131 e. The van der Waals surface area contributed by atoms with Crippen LogP contribution in [0.5, 0.6) is 0 Å². The van der Waals surface area contributed by atoms with Gasteiger partial charge >= 0.3 is 0 Å². The first-order valence-electron chi connectivity index (χ1n) is 6.49. The fourth-order valence-electron chi connectivity index (χ4n) is 2.77. The van der Waals surface area contributed by atoms with E-state index in [2.05, 4.69) is 0 Å². The Balaban J connectivity index is 2.16. The number of halogens is 2. The summed E-state index contributed by atoms with van der Waals surface area (Å²) >= 11 is 0. The zero-order valence-electron chi connectivity index (χ0n) is 10.3. The molecule has 2 atom stereocenters. The number of hydrogen-bond donors (Lipinski definition) is 2. The summed E-state index contributed by atoms with van der Waals surface area (Å²) in [6.45, 7) is 0. The number of aliphatic hydroxyl groups excluding tert-OH is 1. The number of rotatable bonds is 3. The third kappa shape index (κ3) is 2.70. The zero-order chi connectivity index (χ0) is 13.1. The van der Waals surface area contributed by atoms with Crippen molar-refractivity contribution in [2.24, 2.45) is 11.7 Å². The Labute approximate surface area is 106 Å². The van der Waals surface area contributed by atoms with Gasteiger partial charge < -0.3 is 10.8 Å². The van der Waals surface area contributed by atoms with Gasteiger partial charge in [-0.1, -0.05) is 25.3 Å². The monoisotopic (exact) mass is 255 g/mol. The van der Waals surface area contributed by atoms with Crippen LogP contribution in [0.1, 0.15) is 43.7 Å². The van der Waals surface area contributed by atoms with Gasteiger partial charge in [0.2, 0.25) is 0 Å². The van der Waals surface area contributed by atoms with Crippen LogP contribution in [0.15, 0.2) is 18.2 Å². The van der Waals surface area contributed by atoms with Crippen molar-refractivity contribution in [3.05, 3.63) is 35.4 Å². The zero-order valence-corrected chi connectivity index (χ0v) is 10.3. The van der Waals surface area contributed by atoms with Crippen molar-refractivity contribution in [3.8, 4) is 0 Å². The molecule has 0 saturated heterocycles. The molecule has 2 rings (SSSR count). The fraction of sp³-hybridized carbons (Fsp3) is 0.571. The minimum Gasteiger partial charge on any atom is -0.391 e. The predicted molar refractivity (Wildman–Crippen MR) is 65.9 cm³/mol. The number of hydrogen-bond acceptors (Lipinski definition) is 2. The van der Waals surface area contributed by atoms with Crippen LogP contribution >= 0.6 is 0 Å². The molecule has 1 saturated carbocycles. The van der Waals surface area contributed by atoms with Gasteiger partial charge in [-0.05, 0) is 30.9 Å². The molecule has 0 heterocycles. The second-order valence-corrected chi connectivity index (χ2v) is 5.05. The molecule has 0 aromatic heterocycles. The van der Waals surface area contributed by atoms with Gasteiger partial charge in [0.15, 0.2) is 0 Å². The van der Waals surface area contributed by atoms with Gasteiger partial charge in [0.05, 0.1) is 12.1 Å². The van der Waals surface area contributed by atoms with Gasteiger partial charge in [-0.2, -0.15) is 0 Å². The van der Waals surface area contributed by atoms with Crippen molar-refractivity contribution in [1.82, 2.24) is 0 Å². The molecule has 3 N–H and O–H groups in total. The van der Waals surface area contributed by atoms with E-state index in [1.54, 1.807) is 0 Å². The normalized spacial score (nSPS) is 20.7. The molecule has 0 radical (unpaired) electrons. The summed E-state index contributed by atoms with van der Waals surface area (Å²) in [5.74, 6) is -1.32. The summed E-state index contributed by atoms with van der Waals surface area (Å²) < 4.78 is 27.2. The highest BCUT2D eigenvalue weighted by Gasteiger charge is 2.30. The molecule has 1 aliphatic carbocycles. The van der Waals surface area contributed by atoms with Crippen LogP contribution in [-0.4, -0.2) is 11.2 Å². The number of nitrogens with two attached hydrogens (primary N) is 1. The third-order valence-corrected chi connectivity index (χ3v) is 3.83. The Bertz CT molecular complexity index is 385. The molecule has 0 bridgehead atoms. The van der Waals surface area contributed by atoms with Gasteiger partial charge in [0, 0.05) is 5.56 Å². The molecule has 1 fully saturated rings. The lowest BCUT2D eigenvalue weighted by Gasteiger charge is -2.30. The molecule has 1 aromatic rings. The van der Waals surface area contributed by atoms with Crippen LogP contribution in [0.2, 0.25) is 0 Å². The van der Waals surface area contributed by atoms with Gasteiger partial charge in [0.1, 0.15) is 11.6 Å². The van der Waals surface area contributed by atoms with Crippen LogP contribution in [-0.2, 0) is 0 Å². The maximum atomic E-state index is 13.6. The average Bonchev–Trinajstić information content (AvgIpc) is 2.38. The van der Waals surface area contributed by atoms with E-state index in [-0.39, 0.29) is 11.5 Å². The van der Waals surface area contributed by atoms with Crippen molar-refractivity contribution in [1.29, 1.82) is 0 Å². The molecule has 1 aliphatic rings. The molecule has 1 aromatic carbocycles. The van der Waals surface area contributed by atoms with E-state index >= 15 is 0 Å². The Morgan fingerprint density at radius 3 is 2.22 bits per heavy atom. The predicted octanol–water partition coefficient (Wildman–Crippen LogP) is 2.91. The molecule has 100 valence electrons. The lowest BCUT2D eigenvalue weighted by molar-refractivity contribution is 0.0597. The Morgan fingerprint density at radius 2 is 1.67 bits per heavy atom. The van der Waals surface area contributed by atoms with Gasteiger partial charge in [-0.25, -0.2) is 8.78 Å². The van der Waals surface area contributed by atoms with E-state index in [0.717, 1.165) is 32.1 Å². The number of benzene rings is 1. The third-order valence-electron chi connectivity index (χ3n) is 3.83. The van der Waals surface area contributed by atoms with E-state index in [4.69, 9.17) is 5.73 Å². The summed E-state index contributed by atoms with van der Waals surface area (Å²) in [7, 11) is 0. The van der Waals surface area contributed by atoms with Crippen LogP contribution in [0.4, 0.5) is 8.78 Å². The maximum absolute atomic E-state index is 13.6. The van der Waals surface area contributed by atoms with Crippen molar-refractivity contribution < 1.29 is 13.9 Å². The highest BCUT2D eigenvalue weighted by atomic mass is 19.1. The highest BCUT2D eigenvalue weighted by molar-refractivity contribution is 5.24. The Kier molecular flexibility index (Phi) is 4.30. The largest absolute Gasteiger partial charge is 0.391 e. The molecule has 0 spiro atoms. The lowest BCUT2D eigenvalue weighted by atomic mass is 9.81. The molecular formula is C14H19F2NO. The molecule has 4 heteroatoms. The topological polar surface area (TPSA) is 46.2 Å². The van der Waals surface area contributed by atoms with Crippen molar-refractivity contribution >= 4 is 0 Å². The summed E-state index contributed by atoms with van der Waals surface area (Å²) in [5, 5.41) is 10.2. The first kappa shape index (κ1) is 13.4. The molecule has 0 amide bonds. The average molecular weight is 255 g/mol. The van der Waals surface area contributed by atoms with E-state index in [9.17, 15) is 13.9 Å². The van der Waals surface area contributed by atoms with Crippen LogP contribution in [0.25, 0.3) is 0 Å². The lowest BCUT2D eigenvalue weighted by Crippen LogP contribution is -2.35. The Morgan fingerprint density at radius 1 is 1.11 bits per heavy atom. The standard InChI is InChI=1S/C14H19F2NO/c15-10-7-4-8-11(16)12(10)13(17)14(18)9-5-2-1-3-6-9/h4,7-9,13-14,18H,1-3,5-6,17H2/t13-,14+/m0/s1. The molecule has 0 unspecified atom stereocenters. The van der Waals surface area contributed by atoms with E-state index in [1.165, 1.54) is 18.2 Å². The molecule has 0 aliphatic heterocycles. The maximum Gasteiger partial charge on any atom is 0.131 e. The van der Waals surface area contributed by atoms with Crippen molar-refractivity contribution in [2.75, 3.05) is 0 Å². The van der Waals surface area contributed by atoms with Crippen molar-refractivity contribution in [3.63, 3.8) is 0 Å². The molecule has 2 nitrogen and oxygen atoms in total. The fourth-order valence-corrected chi connectivity index (χ4v) is 2.77. The second kappa shape index (κ2) is 5.76. The Hall–Kier alpha value is -1.00. The van der Waals surface area contributed by atoms with Gasteiger partial charge in [-0.15, -0.1) is 0 Å². The first-order valence-corrected chi connectivity index (χ1v) is 6.49. The van der Waals surface area contributed by atoms with Gasteiger partial charge in [0.25, 0.3) is 0 Å². The second-order valence-electron chi connectivity index (χ2n) is 5.05. The van der Waals surface area contributed by atoms with E-state index < -0.39 is 23.8 Å². The quantitative estimate of drug-likeness (QED) is 0.872. The minimum absolute atomic E-state index is 0.0488. The summed E-state index contributed by atoms with van der Waals surface area (Å²) in [5.41, 5.74) is 5.64. The van der Waals surface area contributed by atoms with Crippen LogP contribution in [0, 0.1) is 17.6 Å². The van der Waals surface area contributed by atoms with E-state index in [1.807, 2.05) is 0 Å². The number of aliphatic hydroxyl groups is 1. The molecular weight excluding hydrogens is 236 g/mol. The molecule has 18 heavy (non-hydrogen) atoms. The van der Waals surface area contributed by atoms with Crippen LogP contribution in [0.3, 0.4) is 0 Å². The van der Waals surface area contributed by atoms with Gasteiger partial charge in [-0.3, -0.25) is 0 Å². The summed E-state index contributed by atoms with van der Waals surface area (Å²) in [4.78, 5) is 0. The summed E-state index contributed by atoms with van der Waals surface area (Å²) in [6.07, 6.45) is 4.14. The summed E-state index contributed by atoms with van der Waals surface area (Å²) in [6, 6.07) is 2.65. The minimum atomic E-state index is -0.991. The van der Waals surface area contributed by atoms with Crippen molar-refractivity contribution in [2.45, 2.75) is 44.2 Å². The van der Waals surface area contributed by atoms with E-state index in [0.29, 0.717) is 0 Å².